The van der Waals surface area contributed by atoms with Gasteiger partial charge in [0.25, 0.3) is 5.91 Å². The van der Waals surface area contributed by atoms with Crippen molar-refractivity contribution in [3.63, 3.8) is 0 Å². The fourth-order valence-electron chi connectivity index (χ4n) is 0.675. The fourth-order valence-corrected chi connectivity index (χ4v) is 0.675. The lowest BCUT2D eigenvalue weighted by molar-refractivity contribution is -0.167. The van der Waals surface area contributed by atoms with Crippen molar-refractivity contribution in [1.29, 1.82) is 0 Å². The Morgan fingerprint density at radius 2 is 1.71 bits per heavy atom. The first-order valence-electron chi connectivity index (χ1n) is 5.54. The summed E-state index contributed by atoms with van der Waals surface area (Å²) in [6, 6.07) is 0. The molecule has 0 atom stereocenters. The number of carbonyl (C=O) groups excluding carboxylic acids is 2. The van der Waals surface area contributed by atoms with Crippen LogP contribution in [0.1, 0.15) is 34.6 Å². The highest BCUT2D eigenvalue weighted by molar-refractivity contribution is 5.81. The van der Waals surface area contributed by atoms with E-state index in [9.17, 15) is 9.59 Å². The molecule has 0 spiro atoms. The van der Waals surface area contributed by atoms with Crippen LogP contribution in [0.15, 0.2) is 0 Å². The maximum Gasteiger partial charge on any atom is 0.408 e. The second kappa shape index (κ2) is 8.81. The highest BCUT2D eigenvalue weighted by atomic mass is 16.7. The first kappa shape index (κ1) is 18.1. The van der Waals surface area contributed by atoms with Gasteiger partial charge in [-0.05, 0) is 20.8 Å². The van der Waals surface area contributed by atoms with E-state index in [4.69, 9.17) is 4.74 Å². The Bertz CT molecular complexity index is 236. The molecule has 0 aliphatic rings. The second-order valence-electron chi connectivity index (χ2n) is 3.93. The lowest BCUT2D eigenvalue weighted by atomic mass is 10.2. The molecule has 2 amide bonds. The normalized spacial score (nSPS) is 9.82. The monoisotopic (exact) mass is 248 g/mol. The molecule has 0 bridgehead atoms. The number of ether oxygens (including phenoxy) is 1. The minimum atomic E-state index is -0.625. The lowest BCUT2D eigenvalue weighted by Gasteiger charge is -2.20. The molecule has 17 heavy (non-hydrogen) atoms. The van der Waals surface area contributed by atoms with Crippen molar-refractivity contribution in [2.75, 3.05) is 20.7 Å². The molecule has 0 aliphatic carbocycles. The quantitative estimate of drug-likeness (QED) is 0.770. The number of rotatable bonds is 3. The largest absolute Gasteiger partial charge is 0.444 e. The zero-order valence-electron chi connectivity index (χ0n) is 11.8. The molecule has 0 aromatic carbocycles. The van der Waals surface area contributed by atoms with Crippen LogP contribution in [-0.4, -0.2) is 43.4 Å². The van der Waals surface area contributed by atoms with Crippen LogP contribution >= 0.6 is 0 Å². The third-order valence-corrected chi connectivity index (χ3v) is 1.41. The van der Waals surface area contributed by atoms with Crippen LogP contribution in [0.3, 0.4) is 0 Å². The Labute approximate surface area is 103 Å². The van der Waals surface area contributed by atoms with Gasteiger partial charge in [0.15, 0.2) is 0 Å². The first-order valence-corrected chi connectivity index (χ1v) is 5.54. The summed E-state index contributed by atoms with van der Waals surface area (Å²) in [4.78, 5) is 26.9. The summed E-state index contributed by atoms with van der Waals surface area (Å²) in [6.45, 7) is 9.08. The average molecular weight is 248 g/mol. The summed E-state index contributed by atoms with van der Waals surface area (Å²) >= 11 is 0. The number of hydroxylamine groups is 2. The molecule has 0 rings (SSSR count). The molecule has 0 saturated heterocycles. The Morgan fingerprint density at radius 1 is 1.24 bits per heavy atom. The molecule has 0 fully saturated rings. The van der Waals surface area contributed by atoms with E-state index in [1.54, 1.807) is 20.8 Å². The van der Waals surface area contributed by atoms with E-state index < -0.39 is 11.7 Å². The molecule has 0 aliphatic heterocycles. The molecule has 0 aromatic rings. The fraction of sp³-hybridized carbons (Fsp3) is 0.818. The van der Waals surface area contributed by atoms with Gasteiger partial charge in [0.1, 0.15) is 12.1 Å². The number of alkyl carbamates (subject to hydrolysis) is 1. The van der Waals surface area contributed by atoms with Crippen molar-refractivity contribution in [3.05, 3.63) is 0 Å². The molecule has 6 heteroatoms. The van der Waals surface area contributed by atoms with E-state index in [-0.39, 0.29) is 12.5 Å². The van der Waals surface area contributed by atoms with Crippen molar-refractivity contribution < 1.29 is 19.2 Å². The van der Waals surface area contributed by atoms with E-state index in [2.05, 4.69) is 10.2 Å². The van der Waals surface area contributed by atoms with Crippen LogP contribution in [0.2, 0.25) is 0 Å². The van der Waals surface area contributed by atoms with Gasteiger partial charge in [-0.1, -0.05) is 13.8 Å². The molecule has 0 aromatic heterocycles. The molecule has 102 valence electrons. The van der Waals surface area contributed by atoms with Crippen molar-refractivity contribution >= 4 is 12.0 Å². The number of amides is 2. The number of likely N-dealkylation sites (N-methyl/N-ethyl adjacent to an activating group) is 1. The highest BCUT2D eigenvalue weighted by Gasteiger charge is 2.17. The van der Waals surface area contributed by atoms with Gasteiger partial charge in [0.05, 0.1) is 7.11 Å². The summed E-state index contributed by atoms with van der Waals surface area (Å²) in [7, 11) is 2.82. The number of carbonyl (C=O) groups is 2. The second-order valence-corrected chi connectivity index (χ2v) is 3.93. The summed E-state index contributed by atoms with van der Waals surface area (Å²) in [6.07, 6.45) is -0.625. The molecule has 6 nitrogen and oxygen atoms in total. The van der Waals surface area contributed by atoms with Gasteiger partial charge in [-0.15, -0.1) is 0 Å². The zero-order chi connectivity index (χ0) is 14.1. The van der Waals surface area contributed by atoms with Crippen molar-refractivity contribution in [1.82, 2.24) is 10.4 Å². The molecule has 0 unspecified atom stereocenters. The smallest absolute Gasteiger partial charge is 0.408 e. The predicted molar refractivity (Wildman–Crippen MR) is 65.4 cm³/mol. The Morgan fingerprint density at radius 3 is 2.06 bits per heavy atom. The van der Waals surface area contributed by atoms with Gasteiger partial charge in [0.2, 0.25) is 0 Å². The van der Waals surface area contributed by atoms with E-state index >= 15 is 0 Å². The van der Waals surface area contributed by atoms with Crippen LogP contribution in [0.4, 0.5) is 4.79 Å². The summed E-state index contributed by atoms with van der Waals surface area (Å²) in [5.41, 5.74) is -0.569. The molecule has 0 heterocycles. The van der Waals surface area contributed by atoms with Gasteiger partial charge < -0.3 is 10.1 Å². The summed E-state index contributed by atoms with van der Waals surface area (Å²) < 4.78 is 4.94. The topological polar surface area (TPSA) is 67.9 Å². The van der Waals surface area contributed by atoms with Crippen molar-refractivity contribution in [2.24, 2.45) is 0 Å². The average Bonchev–Trinajstić information content (AvgIpc) is 2.25. The van der Waals surface area contributed by atoms with Crippen LogP contribution in [0, 0.1) is 0 Å². The minimum Gasteiger partial charge on any atom is -0.444 e. The Hall–Kier alpha value is -1.30. The van der Waals surface area contributed by atoms with Gasteiger partial charge in [0, 0.05) is 7.05 Å². The summed E-state index contributed by atoms with van der Waals surface area (Å²) in [5, 5.41) is 3.35. The lowest BCUT2D eigenvalue weighted by Crippen LogP contribution is -2.40. The standard InChI is InChI=1S/C9H18N2O4.C2H6/c1-9(2,3)15-8(13)10-6-7(12)11(4)14-5;1-2/h6H2,1-5H3,(H,10,13);1-2H3. The molecular weight excluding hydrogens is 224 g/mol. The third-order valence-electron chi connectivity index (χ3n) is 1.41. The predicted octanol–water partition coefficient (Wildman–Crippen LogP) is 1.56. The van der Waals surface area contributed by atoms with Crippen molar-refractivity contribution in [3.8, 4) is 0 Å². The SMILES string of the molecule is CC.CON(C)C(=O)CNC(=O)OC(C)(C)C. The van der Waals surface area contributed by atoms with Crippen LogP contribution in [-0.2, 0) is 14.4 Å². The number of nitrogens with zero attached hydrogens (tertiary/aromatic N) is 1. The zero-order valence-corrected chi connectivity index (χ0v) is 11.8. The van der Waals surface area contributed by atoms with E-state index in [0.29, 0.717) is 0 Å². The molecule has 0 saturated carbocycles. The third kappa shape index (κ3) is 11.0. The van der Waals surface area contributed by atoms with Crippen LogP contribution in [0.5, 0.6) is 0 Å². The number of hydrogen-bond acceptors (Lipinski definition) is 4. The van der Waals surface area contributed by atoms with Crippen LogP contribution < -0.4 is 5.32 Å². The first-order chi connectivity index (χ1) is 7.76. The van der Waals surface area contributed by atoms with E-state index in [1.807, 2.05) is 13.8 Å². The van der Waals surface area contributed by atoms with Gasteiger partial charge >= 0.3 is 6.09 Å². The maximum absolute atomic E-state index is 11.2. The van der Waals surface area contributed by atoms with E-state index in [1.165, 1.54) is 14.2 Å². The van der Waals surface area contributed by atoms with Crippen molar-refractivity contribution in [2.45, 2.75) is 40.2 Å². The molecule has 0 radical (unpaired) electrons. The number of nitrogens with one attached hydrogen (secondary N) is 1. The number of hydrogen-bond donors (Lipinski definition) is 1. The molecular formula is C11H24N2O4. The van der Waals surface area contributed by atoms with Gasteiger partial charge in [-0.25, -0.2) is 9.86 Å². The molecule has 1 N–H and O–H groups in total. The van der Waals surface area contributed by atoms with Crippen LogP contribution in [0.25, 0.3) is 0 Å². The Kier molecular flexibility index (Phi) is 9.36. The Balaban J connectivity index is 0. The summed E-state index contributed by atoms with van der Waals surface area (Å²) in [5.74, 6) is -0.358. The van der Waals surface area contributed by atoms with Gasteiger partial charge in [-0.2, -0.15) is 0 Å². The van der Waals surface area contributed by atoms with E-state index in [0.717, 1.165) is 5.06 Å². The highest BCUT2D eigenvalue weighted by Crippen LogP contribution is 2.06. The minimum absolute atomic E-state index is 0.154. The maximum atomic E-state index is 11.2. The van der Waals surface area contributed by atoms with Gasteiger partial charge in [-0.3, -0.25) is 9.63 Å².